The highest BCUT2D eigenvalue weighted by Gasteiger charge is 2.28. The minimum atomic E-state index is -0.575. The number of nitrogens with two attached hydrogens (primary N) is 1. The third-order valence-electron chi connectivity index (χ3n) is 4.52. The van der Waals surface area contributed by atoms with E-state index in [0.29, 0.717) is 6.10 Å². The molecule has 21 heavy (non-hydrogen) atoms. The number of likely N-dealkylation sites (N-methyl/N-ethyl adjacent to an activating group) is 1. The van der Waals surface area contributed by atoms with Crippen molar-refractivity contribution in [1.29, 1.82) is 0 Å². The summed E-state index contributed by atoms with van der Waals surface area (Å²) in [6.45, 7) is 8.22. The van der Waals surface area contributed by atoms with Crippen molar-refractivity contribution < 1.29 is 9.53 Å². The average molecular weight is 299 g/mol. The number of carbonyl (C=O) groups excluding carboxylic acids is 1. The first-order chi connectivity index (χ1) is 10.0. The van der Waals surface area contributed by atoms with E-state index >= 15 is 0 Å². The highest BCUT2D eigenvalue weighted by atomic mass is 16.5. The van der Waals surface area contributed by atoms with Gasteiger partial charge in [-0.15, -0.1) is 0 Å². The lowest BCUT2D eigenvalue weighted by molar-refractivity contribution is -0.123. The van der Waals surface area contributed by atoms with Gasteiger partial charge >= 0.3 is 0 Å². The lowest BCUT2D eigenvalue weighted by Crippen LogP contribution is -2.51. The normalized spacial score (nSPS) is 22.9. The first-order valence-electron chi connectivity index (χ1n) is 8.34. The molecule has 0 saturated carbocycles. The van der Waals surface area contributed by atoms with Gasteiger partial charge in [-0.25, -0.2) is 0 Å². The van der Waals surface area contributed by atoms with Crippen LogP contribution < -0.4 is 11.1 Å². The smallest absolute Gasteiger partial charge is 0.237 e. The van der Waals surface area contributed by atoms with Gasteiger partial charge in [0.05, 0.1) is 11.6 Å². The molecule has 124 valence electrons. The monoisotopic (exact) mass is 299 g/mol. The van der Waals surface area contributed by atoms with Crippen LogP contribution in [0.25, 0.3) is 0 Å². The number of amides is 1. The van der Waals surface area contributed by atoms with Gasteiger partial charge in [0.15, 0.2) is 0 Å². The Morgan fingerprint density at radius 3 is 2.86 bits per heavy atom. The molecule has 0 aromatic rings. The van der Waals surface area contributed by atoms with Gasteiger partial charge in [-0.3, -0.25) is 4.79 Å². The Morgan fingerprint density at radius 1 is 1.48 bits per heavy atom. The van der Waals surface area contributed by atoms with Crippen molar-refractivity contribution >= 4 is 5.91 Å². The van der Waals surface area contributed by atoms with Crippen molar-refractivity contribution in [1.82, 2.24) is 10.2 Å². The summed E-state index contributed by atoms with van der Waals surface area (Å²) in [5, 5.41) is 3.04. The summed E-state index contributed by atoms with van der Waals surface area (Å²) in [5.74, 6) is -0.268. The van der Waals surface area contributed by atoms with E-state index in [-0.39, 0.29) is 5.91 Å². The van der Waals surface area contributed by atoms with Gasteiger partial charge in [0.2, 0.25) is 5.91 Å². The quantitative estimate of drug-likeness (QED) is 0.600. The summed E-state index contributed by atoms with van der Waals surface area (Å²) < 4.78 is 5.86. The molecule has 2 unspecified atom stereocenters. The SMILES string of the molecule is CCCOC1CCCN(CCCCC(C)(NC)C(N)=O)C1. The first kappa shape index (κ1) is 18.4. The predicted molar refractivity (Wildman–Crippen MR) is 86.2 cm³/mol. The van der Waals surface area contributed by atoms with Crippen LogP contribution in [0.4, 0.5) is 0 Å². The van der Waals surface area contributed by atoms with Crippen LogP contribution in [0.5, 0.6) is 0 Å². The summed E-state index contributed by atoms with van der Waals surface area (Å²) in [6.07, 6.45) is 6.82. The molecular formula is C16H33N3O2. The van der Waals surface area contributed by atoms with Crippen molar-refractivity contribution in [2.24, 2.45) is 5.73 Å². The Kier molecular flexibility index (Phi) is 8.22. The van der Waals surface area contributed by atoms with Crippen LogP contribution in [0, 0.1) is 0 Å². The number of piperidine rings is 1. The van der Waals surface area contributed by atoms with Crippen LogP contribution in [-0.4, -0.2) is 55.7 Å². The van der Waals surface area contributed by atoms with E-state index < -0.39 is 5.54 Å². The molecule has 3 N–H and O–H groups in total. The largest absolute Gasteiger partial charge is 0.377 e. The Morgan fingerprint density at radius 2 is 2.24 bits per heavy atom. The molecule has 0 bridgehead atoms. The highest BCUT2D eigenvalue weighted by molar-refractivity contribution is 5.84. The van der Waals surface area contributed by atoms with E-state index in [4.69, 9.17) is 10.5 Å². The van der Waals surface area contributed by atoms with E-state index in [1.807, 2.05) is 6.92 Å². The zero-order chi connectivity index (χ0) is 15.7. The van der Waals surface area contributed by atoms with E-state index in [1.165, 1.54) is 19.4 Å². The van der Waals surface area contributed by atoms with Gasteiger partial charge in [0, 0.05) is 13.2 Å². The maximum absolute atomic E-state index is 11.4. The van der Waals surface area contributed by atoms with Crippen LogP contribution in [0.1, 0.15) is 52.4 Å². The lowest BCUT2D eigenvalue weighted by Gasteiger charge is -2.33. The zero-order valence-corrected chi connectivity index (χ0v) is 14.0. The third-order valence-corrected chi connectivity index (χ3v) is 4.52. The minimum Gasteiger partial charge on any atom is -0.377 e. The number of hydrogen-bond acceptors (Lipinski definition) is 4. The summed E-state index contributed by atoms with van der Waals surface area (Å²) >= 11 is 0. The number of nitrogens with one attached hydrogen (secondary N) is 1. The minimum absolute atomic E-state index is 0.268. The Hall–Kier alpha value is -0.650. The highest BCUT2D eigenvalue weighted by Crippen LogP contribution is 2.16. The molecule has 5 nitrogen and oxygen atoms in total. The van der Waals surface area contributed by atoms with Crippen LogP contribution in [0.3, 0.4) is 0 Å². The number of likely N-dealkylation sites (tertiary alicyclic amines) is 1. The molecule has 0 aromatic carbocycles. The Labute approximate surface area is 129 Å². The molecule has 0 aliphatic carbocycles. The summed E-state index contributed by atoms with van der Waals surface area (Å²) in [6, 6.07) is 0. The lowest BCUT2D eigenvalue weighted by atomic mass is 9.94. The molecular weight excluding hydrogens is 266 g/mol. The number of nitrogens with zero attached hydrogens (tertiary/aromatic N) is 1. The Bertz CT molecular complexity index is 312. The zero-order valence-electron chi connectivity index (χ0n) is 14.0. The van der Waals surface area contributed by atoms with Gasteiger partial charge in [-0.2, -0.15) is 0 Å². The van der Waals surface area contributed by atoms with Crippen LogP contribution in [-0.2, 0) is 9.53 Å². The second-order valence-corrected chi connectivity index (χ2v) is 6.34. The van der Waals surface area contributed by atoms with E-state index in [9.17, 15) is 4.79 Å². The van der Waals surface area contributed by atoms with Crippen molar-refractivity contribution in [2.45, 2.75) is 64.0 Å². The summed E-state index contributed by atoms with van der Waals surface area (Å²) in [4.78, 5) is 13.9. The van der Waals surface area contributed by atoms with Crippen molar-refractivity contribution in [3.8, 4) is 0 Å². The molecule has 5 heteroatoms. The predicted octanol–water partition coefficient (Wildman–Crippen LogP) is 1.51. The Balaban J connectivity index is 2.21. The first-order valence-corrected chi connectivity index (χ1v) is 8.34. The maximum atomic E-state index is 11.4. The van der Waals surface area contributed by atoms with E-state index in [1.54, 1.807) is 7.05 Å². The summed E-state index contributed by atoms with van der Waals surface area (Å²) in [7, 11) is 1.80. The van der Waals surface area contributed by atoms with Crippen LogP contribution in [0.15, 0.2) is 0 Å². The molecule has 1 rings (SSSR count). The maximum Gasteiger partial charge on any atom is 0.237 e. The molecule has 0 radical (unpaired) electrons. The molecule has 0 aromatic heterocycles. The number of carbonyl (C=O) groups is 1. The molecule has 1 saturated heterocycles. The van der Waals surface area contributed by atoms with E-state index in [0.717, 1.165) is 45.4 Å². The number of rotatable bonds is 10. The molecule has 1 fully saturated rings. The van der Waals surface area contributed by atoms with Crippen molar-refractivity contribution in [3.05, 3.63) is 0 Å². The number of unbranched alkanes of at least 4 members (excludes halogenated alkanes) is 1. The van der Waals surface area contributed by atoms with E-state index in [2.05, 4.69) is 17.1 Å². The van der Waals surface area contributed by atoms with Crippen LogP contribution >= 0.6 is 0 Å². The third kappa shape index (κ3) is 6.32. The molecule has 1 aliphatic heterocycles. The van der Waals surface area contributed by atoms with Gasteiger partial charge in [0.1, 0.15) is 0 Å². The second-order valence-electron chi connectivity index (χ2n) is 6.34. The van der Waals surface area contributed by atoms with Gasteiger partial charge in [-0.1, -0.05) is 6.92 Å². The molecule has 1 heterocycles. The average Bonchev–Trinajstić information content (AvgIpc) is 2.49. The molecule has 2 atom stereocenters. The van der Waals surface area contributed by atoms with Crippen LogP contribution in [0.2, 0.25) is 0 Å². The molecule has 1 amide bonds. The van der Waals surface area contributed by atoms with Gasteiger partial charge in [-0.05, 0) is 65.6 Å². The number of ether oxygens (including phenoxy) is 1. The standard InChI is InChI=1S/C16H33N3O2/c1-4-12-21-14-8-7-11-19(13-14)10-6-5-9-16(2,18-3)15(17)20/h14,18H,4-13H2,1-3H3,(H2,17,20). The second kappa shape index (κ2) is 9.38. The molecule has 1 aliphatic rings. The van der Waals surface area contributed by atoms with Crippen molar-refractivity contribution in [2.75, 3.05) is 33.3 Å². The van der Waals surface area contributed by atoms with Gasteiger partial charge in [0.25, 0.3) is 0 Å². The number of hydrogen-bond donors (Lipinski definition) is 2. The fourth-order valence-electron chi connectivity index (χ4n) is 2.82. The van der Waals surface area contributed by atoms with Crippen molar-refractivity contribution in [3.63, 3.8) is 0 Å². The van der Waals surface area contributed by atoms with Gasteiger partial charge < -0.3 is 20.7 Å². The number of primary amides is 1. The molecule has 0 spiro atoms. The summed E-state index contributed by atoms with van der Waals surface area (Å²) in [5.41, 5.74) is 4.87. The fourth-order valence-corrected chi connectivity index (χ4v) is 2.82. The topological polar surface area (TPSA) is 67.6 Å². The fraction of sp³-hybridized carbons (Fsp3) is 0.938.